The Labute approximate surface area is 44.8 Å². The lowest BCUT2D eigenvalue weighted by Gasteiger charge is -1.74. The molecule has 0 radical (unpaired) electrons. The highest BCUT2D eigenvalue weighted by Crippen LogP contribution is 1.65. The van der Waals surface area contributed by atoms with E-state index in [2.05, 4.69) is 9.99 Å². The molecule has 42 valence electrons. The Kier molecular flexibility index (Phi) is 2.90. The van der Waals surface area contributed by atoms with Gasteiger partial charge in [0.25, 0.3) is 0 Å². The van der Waals surface area contributed by atoms with Crippen LogP contribution in [0, 0.1) is 11.5 Å². The molecule has 0 fully saturated rings. The van der Waals surface area contributed by atoms with Crippen molar-refractivity contribution in [1.29, 1.82) is 5.26 Å². The quantitative estimate of drug-likeness (QED) is 0.299. The molecule has 0 saturated carbocycles. The molecule has 0 aromatic rings. The Morgan fingerprint density at radius 3 is 3.00 bits per heavy atom. The number of rotatable bonds is 2. The summed E-state index contributed by atoms with van der Waals surface area (Å²) in [6.45, 7) is 0. The van der Waals surface area contributed by atoms with Crippen LogP contribution in [0.5, 0.6) is 0 Å². The Morgan fingerprint density at radius 1 is 2.00 bits per heavy atom. The van der Waals surface area contributed by atoms with Crippen molar-refractivity contribution >= 4 is 12.2 Å². The lowest BCUT2D eigenvalue weighted by Crippen LogP contribution is -1.94. The summed E-state index contributed by atoms with van der Waals surface area (Å²) in [6, 6.07) is 0. The summed E-state index contributed by atoms with van der Waals surface area (Å²) in [6.07, 6.45) is 1.64. The average molecular weight is 114 g/mol. The standard InChI is InChI=1S/C3H2N2O3/c4-2-8-5-1-3(6)7/h1H,(H,6,7)/b5-1+. The molecule has 0 aliphatic heterocycles. The van der Waals surface area contributed by atoms with Gasteiger partial charge >= 0.3 is 12.2 Å². The Balaban J connectivity index is 3.38. The smallest absolute Gasteiger partial charge is 0.350 e. The summed E-state index contributed by atoms with van der Waals surface area (Å²) >= 11 is 0. The van der Waals surface area contributed by atoms with Gasteiger partial charge in [-0.2, -0.15) is 0 Å². The maximum atomic E-state index is 9.54. The zero-order valence-electron chi connectivity index (χ0n) is 3.74. The maximum absolute atomic E-state index is 9.54. The van der Waals surface area contributed by atoms with Crippen molar-refractivity contribution in [3.63, 3.8) is 0 Å². The number of carboxylic acid groups (broad SMARTS) is 1. The highest BCUT2D eigenvalue weighted by Gasteiger charge is 1.83. The minimum Gasteiger partial charge on any atom is -0.477 e. The first-order valence-corrected chi connectivity index (χ1v) is 1.58. The van der Waals surface area contributed by atoms with Gasteiger partial charge in [0.2, 0.25) is 0 Å². The van der Waals surface area contributed by atoms with Gasteiger partial charge in [-0.15, -0.1) is 5.26 Å². The molecular weight excluding hydrogens is 112 g/mol. The van der Waals surface area contributed by atoms with E-state index in [1.807, 2.05) is 0 Å². The zero-order valence-corrected chi connectivity index (χ0v) is 3.74. The molecule has 0 aliphatic carbocycles. The Hall–Kier alpha value is -1.57. The molecule has 0 atom stereocenters. The third-order valence-electron chi connectivity index (χ3n) is 0.257. The van der Waals surface area contributed by atoms with Crippen LogP contribution in [0.1, 0.15) is 0 Å². The van der Waals surface area contributed by atoms with Crippen LogP contribution in [0.15, 0.2) is 5.16 Å². The van der Waals surface area contributed by atoms with E-state index in [1.165, 1.54) is 0 Å². The summed E-state index contributed by atoms with van der Waals surface area (Å²) in [7, 11) is 0. The van der Waals surface area contributed by atoms with E-state index >= 15 is 0 Å². The number of oxime groups is 1. The molecule has 0 amide bonds. The Morgan fingerprint density at radius 2 is 2.62 bits per heavy atom. The van der Waals surface area contributed by atoms with Crippen LogP contribution in [0.25, 0.3) is 0 Å². The topological polar surface area (TPSA) is 82.7 Å². The largest absolute Gasteiger partial charge is 0.477 e. The van der Waals surface area contributed by atoms with Crippen molar-refractivity contribution in [3.05, 3.63) is 0 Å². The van der Waals surface area contributed by atoms with Gasteiger partial charge in [-0.3, -0.25) is 4.84 Å². The van der Waals surface area contributed by atoms with Crippen LogP contribution in [-0.2, 0) is 9.63 Å². The van der Waals surface area contributed by atoms with Crippen molar-refractivity contribution in [1.82, 2.24) is 0 Å². The van der Waals surface area contributed by atoms with Crippen molar-refractivity contribution in [2.45, 2.75) is 0 Å². The lowest BCUT2D eigenvalue weighted by molar-refractivity contribution is -0.128. The highest BCUT2D eigenvalue weighted by molar-refractivity contribution is 6.21. The van der Waals surface area contributed by atoms with E-state index in [9.17, 15) is 4.79 Å². The van der Waals surface area contributed by atoms with Crippen molar-refractivity contribution in [3.8, 4) is 6.26 Å². The van der Waals surface area contributed by atoms with Crippen LogP contribution >= 0.6 is 0 Å². The Bertz CT molecular complexity index is 145. The molecule has 0 aromatic carbocycles. The zero-order chi connectivity index (χ0) is 6.41. The fraction of sp³-hybridized carbons (Fsp3) is 0. The van der Waals surface area contributed by atoms with Crippen LogP contribution < -0.4 is 0 Å². The molecule has 0 saturated heterocycles. The van der Waals surface area contributed by atoms with Gasteiger partial charge in [0.15, 0.2) is 6.21 Å². The molecule has 0 heterocycles. The van der Waals surface area contributed by atoms with Crippen molar-refractivity contribution in [2.24, 2.45) is 5.16 Å². The number of carbonyl (C=O) groups is 1. The van der Waals surface area contributed by atoms with Crippen LogP contribution in [-0.4, -0.2) is 17.3 Å². The monoisotopic (exact) mass is 114 g/mol. The molecule has 0 aromatic heterocycles. The highest BCUT2D eigenvalue weighted by atomic mass is 16.6. The lowest BCUT2D eigenvalue weighted by atomic mass is 10.8. The van der Waals surface area contributed by atoms with Gasteiger partial charge in [0.1, 0.15) is 0 Å². The summed E-state index contributed by atoms with van der Waals surface area (Å²) in [5.74, 6) is -1.25. The molecular formula is C3H2N2O3. The van der Waals surface area contributed by atoms with Gasteiger partial charge < -0.3 is 5.11 Å². The minimum absolute atomic E-state index is 0.475. The predicted octanol–water partition coefficient (Wildman–Crippen LogP) is -0.446. The SMILES string of the molecule is N#CO/N=C/C(=O)O. The summed E-state index contributed by atoms with van der Waals surface area (Å²) < 4.78 is 0. The second-order valence-electron chi connectivity index (χ2n) is 0.755. The first kappa shape index (κ1) is 6.43. The minimum atomic E-state index is -1.25. The number of hydrogen-bond donors (Lipinski definition) is 1. The van der Waals surface area contributed by atoms with Crippen molar-refractivity contribution in [2.75, 3.05) is 0 Å². The average Bonchev–Trinajstić information content (AvgIpc) is 1.66. The molecule has 0 spiro atoms. The fourth-order valence-electron chi connectivity index (χ4n) is 0.0950. The van der Waals surface area contributed by atoms with Gasteiger partial charge in [0.05, 0.1) is 0 Å². The van der Waals surface area contributed by atoms with E-state index in [1.54, 1.807) is 0 Å². The molecule has 0 bridgehead atoms. The maximum Gasteiger partial charge on any atom is 0.350 e. The molecule has 0 rings (SSSR count). The van der Waals surface area contributed by atoms with E-state index < -0.39 is 5.97 Å². The van der Waals surface area contributed by atoms with E-state index in [-0.39, 0.29) is 0 Å². The summed E-state index contributed by atoms with van der Waals surface area (Å²) in [5.41, 5.74) is 0. The number of nitrogens with zero attached hydrogens (tertiary/aromatic N) is 2. The number of hydrogen-bond acceptors (Lipinski definition) is 4. The molecule has 8 heavy (non-hydrogen) atoms. The van der Waals surface area contributed by atoms with Gasteiger partial charge in [-0.1, -0.05) is 5.16 Å². The first-order valence-electron chi connectivity index (χ1n) is 1.58. The second kappa shape index (κ2) is 3.61. The molecule has 0 unspecified atom stereocenters. The third kappa shape index (κ3) is 4.43. The fourth-order valence-corrected chi connectivity index (χ4v) is 0.0950. The van der Waals surface area contributed by atoms with E-state index in [4.69, 9.17) is 10.4 Å². The molecule has 5 heteroatoms. The van der Waals surface area contributed by atoms with Crippen LogP contribution in [0.2, 0.25) is 0 Å². The summed E-state index contributed by atoms with van der Waals surface area (Å²) in [5, 5.41) is 18.1. The van der Waals surface area contributed by atoms with Crippen LogP contribution in [0.3, 0.4) is 0 Å². The number of carboxylic acids is 1. The number of nitriles is 1. The first-order chi connectivity index (χ1) is 3.77. The van der Waals surface area contributed by atoms with E-state index in [0.29, 0.717) is 6.21 Å². The van der Waals surface area contributed by atoms with Gasteiger partial charge in [-0.25, -0.2) is 4.79 Å². The molecule has 0 aliphatic rings. The molecule has 1 N–H and O–H groups in total. The predicted molar refractivity (Wildman–Crippen MR) is 22.8 cm³/mol. The molecule has 5 nitrogen and oxygen atoms in total. The van der Waals surface area contributed by atoms with Crippen molar-refractivity contribution < 1.29 is 14.7 Å². The number of aliphatic carboxylic acids is 1. The second-order valence-corrected chi connectivity index (χ2v) is 0.755. The normalized spacial score (nSPS) is 8.38. The van der Waals surface area contributed by atoms with Gasteiger partial charge in [0, 0.05) is 0 Å². The van der Waals surface area contributed by atoms with Crippen LogP contribution in [0.4, 0.5) is 0 Å². The third-order valence-corrected chi connectivity index (χ3v) is 0.257. The van der Waals surface area contributed by atoms with E-state index in [0.717, 1.165) is 6.26 Å². The van der Waals surface area contributed by atoms with Gasteiger partial charge in [-0.05, 0) is 0 Å². The summed E-state index contributed by atoms with van der Waals surface area (Å²) in [4.78, 5) is 13.2.